The minimum absolute atomic E-state index is 0.227. The molecule has 0 aliphatic carbocycles. The van der Waals surface area contributed by atoms with E-state index in [-0.39, 0.29) is 17.9 Å². The molecule has 12 nitrogen and oxygen atoms in total. The standard InChI is InChI=1S/C30H37ClN10O2/c1-18(24-6-5-7-26(36-24)40-12-10-39(4)11-13-40)35-28(42)19(2)41-17-21-9-8-20(14-22(21)29(41)43)27-23(31)16-34-30(38-27)37-25(15-32)33-3/h5-9,14-16,18-19,33H,10-13,17,32H2,1-4H3,(H,35,42)(H,34,37,38)/b25-15+/t18-,19-/m1/s1. The number of carbonyl (C=O) groups excluding carboxylic acids is 2. The Bertz CT molecular complexity index is 1540. The lowest BCUT2D eigenvalue weighted by molar-refractivity contribution is -0.125. The Kier molecular flexibility index (Phi) is 8.97. The van der Waals surface area contributed by atoms with Gasteiger partial charge >= 0.3 is 0 Å². The zero-order chi connectivity index (χ0) is 30.7. The number of benzene rings is 1. The van der Waals surface area contributed by atoms with Crippen LogP contribution in [0.5, 0.6) is 0 Å². The molecule has 4 heterocycles. The van der Waals surface area contributed by atoms with Gasteiger partial charge in [-0.2, -0.15) is 0 Å². The molecule has 5 rings (SSSR count). The number of halogens is 1. The summed E-state index contributed by atoms with van der Waals surface area (Å²) in [5, 5.41) is 9.26. The van der Waals surface area contributed by atoms with Crippen LogP contribution in [0.4, 0.5) is 11.8 Å². The predicted octanol–water partition coefficient (Wildman–Crippen LogP) is 2.55. The molecule has 0 radical (unpaired) electrons. The lowest BCUT2D eigenvalue weighted by Crippen LogP contribution is -2.46. The van der Waals surface area contributed by atoms with Crippen LogP contribution in [0.25, 0.3) is 11.3 Å². The Hall–Kier alpha value is -4.42. The average Bonchev–Trinajstić information content (AvgIpc) is 3.35. The molecule has 0 saturated carbocycles. The number of nitrogens with two attached hydrogens (primary N) is 1. The van der Waals surface area contributed by atoms with Crippen molar-refractivity contribution in [2.45, 2.75) is 32.5 Å². The summed E-state index contributed by atoms with van der Waals surface area (Å²) in [6.45, 7) is 7.76. The van der Waals surface area contributed by atoms with Crippen LogP contribution >= 0.6 is 11.6 Å². The molecule has 13 heteroatoms. The van der Waals surface area contributed by atoms with Gasteiger partial charge in [-0.3, -0.25) is 9.59 Å². The topological polar surface area (TPSA) is 145 Å². The molecule has 2 atom stereocenters. The van der Waals surface area contributed by atoms with E-state index in [0.717, 1.165) is 43.3 Å². The second-order valence-corrected chi connectivity index (χ2v) is 11.2. The highest BCUT2D eigenvalue weighted by Crippen LogP contribution is 2.32. The van der Waals surface area contributed by atoms with Crippen molar-refractivity contribution in [3.63, 3.8) is 0 Å². The maximum atomic E-state index is 13.5. The van der Waals surface area contributed by atoms with Crippen LogP contribution in [0.2, 0.25) is 5.02 Å². The second kappa shape index (κ2) is 12.8. The van der Waals surface area contributed by atoms with Crippen LogP contribution in [-0.4, -0.2) is 82.9 Å². The fraction of sp³-hybridized carbons (Fsp3) is 0.367. The normalized spacial score (nSPS) is 17.0. The second-order valence-electron chi connectivity index (χ2n) is 10.8. The fourth-order valence-electron chi connectivity index (χ4n) is 5.16. The summed E-state index contributed by atoms with van der Waals surface area (Å²) in [5.41, 5.74) is 8.83. The van der Waals surface area contributed by atoms with E-state index in [2.05, 4.69) is 42.8 Å². The summed E-state index contributed by atoms with van der Waals surface area (Å²) in [6, 6.07) is 10.4. The third kappa shape index (κ3) is 6.50. The van der Waals surface area contributed by atoms with Gasteiger partial charge in [0.25, 0.3) is 5.91 Å². The molecule has 3 aromatic rings. The molecule has 1 saturated heterocycles. The first-order valence-electron chi connectivity index (χ1n) is 14.2. The number of rotatable bonds is 9. The van der Waals surface area contributed by atoms with E-state index in [0.29, 0.717) is 40.2 Å². The molecule has 43 heavy (non-hydrogen) atoms. The van der Waals surface area contributed by atoms with Crippen LogP contribution in [0.1, 0.15) is 41.5 Å². The molecule has 2 aliphatic heterocycles. The Morgan fingerprint density at radius 1 is 1.12 bits per heavy atom. The number of aromatic nitrogens is 3. The van der Waals surface area contributed by atoms with Crippen LogP contribution in [0.3, 0.4) is 0 Å². The number of nitrogens with zero attached hydrogens (tertiary/aromatic N) is 6. The van der Waals surface area contributed by atoms with Crippen LogP contribution in [-0.2, 0) is 11.3 Å². The number of fused-ring (bicyclic) bond motifs is 1. The van der Waals surface area contributed by atoms with Crippen LogP contribution < -0.4 is 26.6 Å². The number of piperazine rings is 1. The largest absolute Gasteiger partial charge is 0.402 e. The molecule has 226 valence electrons. The molecule has 2 aliphatic rings. The zero-order valence-corrected chi connectivity index (χ0v) is 25.5. The number of hydrogen-bond acceptors (Lipinski definition) is 10. The van der Waals surface area contributed by atoms with Crippen molar-refractivity contribution in [2.24, 2.45) is 5.73 Å². The first kappa shape index (κ1) is 30.1. The zero-order valence-electron chi connectivity index (χ0n) is 24.8. The van der Waals surface area contributed by atoms with Gasteiger partial charge in [-0.05, 0) is 44.7 Å². The van der Waals surface area contributed by atoms with Crippen molar-refractivity contribution in [2.75, 3.05) is 50.5 Å². The van der Waals surface area contributed by atoms with Crippen LogP contribution in [0.15, 0.2) is 54.6 Å². The SMILES string of the molecule is CN/C(=C\N)Nc1ncc(Cl)c(-c2ccc3c(c2)C(=O)N([C@H](C)C(=O)N[C@H](C)c2cccc(N4CCN(C)CC4)n2)C3)n1. The first-order chi connectivity index (χ1) is 20.7. The van der Waals surface area contributed by atoms with Gasteiger partial charge in [0.1, 0.15) is 17.7 Å². The molecule has 0 unspecified atom stereocenters. The van der Waals surface area contributed by atoms with E-state index < -0.39 is 6.04 Å². The third-order valence-corrected chi connectivity index (χ3v) is 8.15. The molecule has 2 amide bonds. The van der Waals surface area contributed by atoms with Gasteiger partial charge in [0, 0.05) is 57.1 Å². The van der Waals surface area contributed by atoms with E-state index in [4.69, 9.17) is 22.3 Å². The maximum absolute atomic E-state index is 13.5. The molecule has 0 bridgehead atoms. The van der Waals surface area contributed by atoms with E-state index in [9.17, 15) is 9.59 Å². The quantitative estimate of drug-likeness (QED) is 0.287. The van der Waals surface area contributed by atoms with Gasteiger partial charge in [-0.15, -0.1) is 0 Å². The third-order valence-electron chi connectivity index (χ3n) is 7.87. The molecule has 1 fully saturated rings. The first-order valence-corrected chi connectivity index (χ1v) is 14.6. The lowest BCUT2D eigenvalue weighted by atomic mass is 10.0. The van der Waals surface area contributed by atoms with Gasteiger partial charge in [-0.25, -0.2) is 15.0 Å². The highest BCUT2D eigenvalue weighted by atomic mass is 35.5. The number of carbonyl (C=O) groups is 2. The van der Waals surface area contributed by atoms with Gasteiger partial charge in [0.15, 0.2) is 0 Å². The Morgan fingerprint density at radius 2 is 1.88 bits per heavy atom. The van der Waals surface area contributed by atoms with Gasteiger partial charge in [-0.1, -0.05) is 29.8 Å². The van der Waals surface area contributed by atoms with Crippen molar-refractivity contribution in [3.8, 4) is 11.3 Å². The molecule has 5 N–H and O–H groups in total. The smallest absolute Gasteiger partial charge is 0.255 e. The molecule has 1 aromatic carbocycles. The highest BCUT2D eigenvalue weighted by molar-refractivity contribution is 6.33. The van der Waals surface area contributed by atoms with E-state index in [1.807, 2.05) is 37.3 Å². The maximum Gasteiger partial charge on any atom is 0.255 e. The number of likely N-dealkylation sites (N-methyl/N-ethyl adjacent to an activating group) is 1. The minimum atomic E-state index is -0.687. The number of anilines is 2. The van der Waals surface area contributed by atoms with E-state index in [1.165, 1.54) is 12.4 Å². The highest BCUT2D eigenvalue weighted by Gasteiger charge is 2.35. The van der Waals surface area contributed by atoms with Gasteiger partial charge in [0.2, 0.25) is 11.9 Å². The number of hydrogen-bond donors (Lipinski definition) is 4. The lowest BCUT2D eigenvalue weighted by Gasteiger charge is -2.33. The fourth-order valence-corrected chi connectivity index (χ4v) is 5.36. The monoisotopic (exact) mass is 604 g/mol. The average molecular weight is 605 g/mol. The van der Waals surface area contributed by atoms with Crippen molar-refractivity contribution in [1.82, 2.24) is 35.4 Å². The summed E-state index contributed by atoms with van der Waals surface area (Å²) in [6.07, 6.45) is 2.85. The Labute approximate surface area is 256 Å². The number of amides is 2. The van der Waals surface area contributed by atoms with Gasteiger partial charge < -0.3 is 36.4 Å². The molecule has 2 aromatic heterocycles. The minimum Gasteiger partial charge on any atom is -0.402 e. The van der Waals surface area contributed by atoms with Crippen molar-refractivity contribution in [1.29, 1.82) is 0 Å². The number of nitrogens with one attached hydrogen (secondary N) is 3. The Morgan fingerprint density at radius 3 is 2.60 bits per heavy atom. The molecular formula is C30H37ClN10O2. The van der Waals surface area contributed by atoms with E-state index >= 15 is 0 Å². The molecular weight excluding hydrogens is 568 g/mol. The summed E-state index contributed by atoms with van der Waals surface area (Å²) >= 11 is 6.44. The number of pyridine rings is 1. The molecule has 0 spiro atoms. The summed E-state index contributed by atoms with van der Waals surface area (Å²) in [7, 11) is 3.83. The Balaban J connectivity index is 1.27. The van der Waals surface area contributed by atoms with Crippen molar-refractivity contribution < 1.29 is 9.59 Å². The van der Waals surface area contributed by atoms with E-state index in [1.54, 1.807) is 24.9 Å². The summed E-state index contributed by atoms with van der Waals surface area (Å²) < 4.78 is 0. The van der Waals surface area contributed by atoms with Crippen molar-refractivity contribution in [3.05, 3.63) is 76.5 Å². The van der Waals surface area contributed by atoms with Gasteiger partial charge in [0.05, 0.1) is 28.6 Å². The predicted molar refractivity (Wildman–Crippen MR) is 167 cm³/mol. The van der Waals surface area contributed by atoms with Crippen molar-refractivity contribution >= 4 is 35.2 Å². The van der Waals surface area contributed by atoms with Crippen LogP contribution in [0, 0.1) is 0 Å². The summed E-state index contributed by atoms with van der Waals surface area (Å²) in [5.74, 6) is 1.25. The summed E-state index contributed by atoms with van der Waals surface area (Å²) in [4.78, 5) is 46.5.